The number of nitrogens with zero attached hydrogens (tertiary/aromatic N) is 1. The minimum Gasteiger partial charge on any atom is -0.306 e. The zero-order chi connectivity index (χ0) is 10.7. The molecule has 1 heterocycles. The summed E-state index contributed by atoms with van der Waals surface area (Å²) in [5.74, 6) is 0. The first-order valence-electron chi connectivity index (χ1n) is 5.42. The van der Waals surface area contributed by atoms with Crippen molar-refractivity contribution < 1.29 is 0 Å². The fourth-order valence-corrected chi connectivity index (χ4v) is 2.52. The van der Waals surface area contributed by atoms with Crippen LogP contribution in [-0.2, 0) is 19.4 Å². The molecule has 2 rings (SSSR count). The second kappa shape index (κ2) is 5.27. The Morgan fingerprint density at radius 1 is 1.27 bits per heavy atom. The summed E-state index contributed by atoms with van der Waals surface area (Å²) in [6, 6.07) is 6.91. The van der Waals surface area contributed by atoms with Gasteiger partial charge in [-0.15, -0.1) is 0 Å². The topological polar surface area (TPSA) is 15.3 Å². The van der Waals surface area contributed by atoms with Crippen LogP contribution in [-0.4, -0.2) is 25.0 Å². The average molecular weight is 316 g/mol. The Hall–Kier alpha value is -0.130. The highest BCUT2D eigenvalue weighted by molar-refractivity contribution is 14.1. The van der Waals surface area contributed by atoms with Crippen molar-refractivity contribution in [3.63, 3.8) is 0 Å². The molecular formula is C12H17IN2. The van der Waals surface area contributed by atoms with Crippen LogP contribution in [0.3, 0.4) is 0 Å². The smallest absolute Gasteiger partial charge is 0.0301 e. The number of nitrogens with one attached hydrogen (secondary N) is 1. The molecule has 0 amide bonds. The van der Waals surface area contributed by atoms with Gasteiger partial charge in [-0.25, -0.2) is 0 Å². The van der Waals surface area contributed by atoms with E-state index < -0.39 is 0 Å². The first-order chi connectivity index (χ1) is 7.29. The van der Waals surface area contributed by atoms with Crippen molar-refractivity contribution in [3.05, 3.63) is 34.9 Å². The number of fused-ring (bicyclic) bond motifs is 1. The summed E-state index contributed by atoms with van der Waals surface area (Å²) in [7, 11) is 2.21. The molecule has 1 N–H and O–H groups in total. The molecule has 1 aromatic rings. The molecular weight excluding hydrogens is 299 g/mol. The van der Waals surface area contributed by atoms with Crippen molar-refractivity contribution in [1.82, 2.24) is 8.43 Å². The van der Waals surface area contributed by atoms with Crippen LogP contribution in [0, 0.1) is 0 Å². The van der Waals surface area contributed by atoms with Gasteiger partial charge in [-0.3, -0.25) is 3.53 Å². The highest BCUT2D eigenvalue weighted by Crippen LogP contribution is 2.17. The SMILES string of the molecule is CN1CCc2ccc(CNI)cc2CC1. The summed E-state index contributed by atoms with van der Waals surface area (Å²) >= 11 is 2.20. The zero-order valence-corrected chi connectivity index (χ0v) is 11.3. The van der Waals surface area contributed by atoms with Crippen molar-refractivity contribution in [2.24, 2.45) is 0 Å². The molecule has 3 heteroatoms. The Kier molecular flexibility index (Phi) is 3.99. The number of hydrogen-bond acceptors (Lipinski definition) is 2. The molecule has 0 atom stereocenters. The molecule has 0 bridgehead atoms. The summed E-state index contributed by atoms with van der Waals surface area (Å²) in [6.07, 6.45) is 2.39. The van der Waals surface area contributed by atoms with Crippen molar-refractivity contribution >= 4 is 22.9 Å². The molecule has 0 spiro atoms. The first kappa shape index (κ1) is 11.4. The summed E-state index contributed by atoms with van der Waals surface area (Å²) in [5, 5.41) is 0. The predicted octanol–water partition coefficient (Wildman–Crippen LogP) is 2.16. The second-order valence-electron chi connectivity index (χ2n) is 4.22. The van der Waals surface area contributed by atoms with Crippen LogP contribution in [0.1, 0.15) is 16.7 Å². The Labute approximate surface area is 106 Å². The molecule has 0 saturated carbocycles. The lowest BCUT2D eigenvalue weighted by atomic mass is 10.0. The molecule has 82 valence electrons. The van der Waals surface area contributed by atoms with Crippen molar-refractivity contribution in [2.75, 3.05) is 20.1 Å². The summed E-state index contributed by atoms with van der Waals surface area (Å²) in [6.45, 7) is 3.34. The predicted molar refractivity (Wildman–Crippen MR) is 72.2 cm³/mol. The van der Waals surface area contributed by atoms with Crippen molar-refractivity contribution in [1.29, 1.82) is 0 Å². The summed E-state index contributed by atoms with van der Waals surface area (Å²) < 4.78 is 3.17. The standard InChI is InChI=1S/C12H17IN2/c1-15-6-4-11-3-2-10(9-14-13)8-12(11)5-7-15/h2-3,8,14H,4-7,9H2,1H3. The van der Waals surface area contributed by atoms with Crippen LogP contribution in [0.15, 0.2) is 18.2 Å². The zero-order valence-electron chi connectivity index (χ0n) is 9.09. The van der Waals surface area contributed by atoms with Crippen LogP contribution in [0.4, 0.5) is 0 Å². The number of halogens is 1. The Bertz CT molecular complexity index is 338. The van der Waals surface area contributed by atoms with Gasteiger partial charge in [-0.2, -0.15) is 0 Å². The largest absolute Gasteiger partial charge is 0.306 e. The molecule has 0 radical (unpaired) electrons. The van der Waals surface area contributed by atoms with E-state index in [2.05, 4.69) is 56.5 Å². The monoisotopic (exact) mass is 316 g/mol. The lowest BCUT2D eigenvalue weighted by Gasteiger charge is -2.10. The van der Waals surface area contributed by atoms with Gasteiger partial charge >= 0.3 is 0 Å². The van der Waals surface area contributed by atoms with Crippen molar-refractivity contribution in [3.8, 4) is 0 Å². The Morgan fingerprint density at radius 2 is 2.00 bits per heavy atom. The minimum absolute atomic E-state index is 0.962. The third-order valence-corrected chi connectivity index (χ3v) is 3.45. The molecule has 1 aliphatic heterocycles. The first-order valence-corrected chi connectivity index (χ1v) is 6.50. The molecule has 0 aromatic heterocycles. The van der Waals surface area contributed by atoms with Crippen LogP contribution in [0.25, 0.3) is 0 Å². The Morgan fingerprint density at radius 3 is 2.73 bits per heavy atom. The quantitative estimate of drug-likeness (QED) is 0.664. The lowest BCUT2D eigenvalue weighted by molar-refractivity contribution is 0.352. The average Bonchev–Trinajstić information content (AvgIpc) is 2.42. The maximum atomic E-state index is 3.17. The highest BCUT2D eigenvalue weighted by atomic mass is 127. The van der Waals surface area contributed by atoms with Gasteiger partial charge in [-0.05, 0) is 36.6 Å². The molecule has 15 heavy (non-hydrogen) atoms. The number of benzene rings is 1. The van der Waals surface area contributed by atoms with Crippen LogP contribution in [0.2, 0.25) is 0 Å². The maximum Gasteiger partial charge on any atom is 0.0301 e. The van der Waals surface area contributed by atoms with Gasteiger partial charge in [0.05, 0.1) is 0 Å². The highest BCUT2D eigenvalue weighted by Gasteiger charge is 2.10. The van der Waals surface area contributed by atoms with E-state index in [1.54, 1.807) is 5.56 Å². The lowest BCUT2D eigenvalue weighted by Crippen LogP contribution is -2.20. The molecule has 0 unspecified atom stereocenters. The molecule has 0 aliphatic carbocycles. The molecule has 0 fully saturated rings. The van der Waals surface area contributed by atoms with E-state index >= 15 is 0 Å². The van der Waals surface area contributed by atoms with Crippen LogP contribution >= 0.6 is 22.9 Å². The van der Waals surface area contributed by atoms with E-state index in [1.807, 2.05) is 0 Å². The third kappa shape index (κ3) is 2.92. The summed E-state index contributed by atoms with van der Waals surface area (Å²) in [4.78, 5) is 2.41. The van der Waals surface area contributed by atoms with E-state index in [9.17, 15) is 0 Å². The molecule has 0 saturated heterocycles. The van der Waals surface area contributed by atoms with Gasteiger partial charge in [-0.1, -0.05) is 18.2 Å². The van der Waals surface area contributed by atoms with E-state index in [0.29, 0.717) is 0 Å². The van der Waals surface area contributed by atoms with E-state index in [4.69, 9.17) is 0 Å². The van der Waals surface area contributed by atoms with Gasteiger partial charge < -0.3 is 4.90 Å². The summed E-state index contributed by atoms with van der Waals surface area (Å²) in [5.41, 5.74) is 4.48. The van der Waals surface area contributed by atoms with E-state index in [-0.39, 0.29) is 0 Å². The van der Waals surface area contributed by atoms with Gasteiger partial charge in [0.25, 0.3) is 0 Å². The van der Waals surface area contributed by atoms with Gasteiger partial charge in [0, 0.05) is 42.5 Å². The number of hydrogen-bond donors (Lipinski definition) is 1. The Balaban J connectivity index is 2.20. The van der Waals surface area contributed by atoms with E-state index in [0.717, 1.165) is 6.54 Å². The van der Waals surface area contributed by atoms with Crippen molar-refractivity contribution in [2.45, 2.75) is 19.4 Å². The fourth-order valence-electron chi connectivity index (χ4n) is 2.08. The van der Waals surface area contributed by atoms with Gasteiger partial charge in [0.15, 0.2) is 0 Å². The third-order valence-electron chi connectivity index (χ3n) is 3.07. The van der Waals surface area contributed by atoms with E-state index in [1.165, 1.54) is 37.1 Å². The molecule has 1 aliphatic rings. The fraction of sp³-hybridized carbons (Fsp3) is 0.500. The minimum atomic E-state index is 0.962. The maximum absolute atomic E-state index is 3.17. The van der Waals surface area contributed by atoms with Gasteiger partial charge in [0.1, 0.15) is 0 Å². The normalized spacial score (nSPS) is 17.2. The molecule has 2 nitrogen and oxygen atoms in total. The number of rotatable bonds is 2. The second-order valence-corrected chi connectivity index (χ2v) is 4.98. The number of likely N-dealkylation sites (N-methyl/N-ethyl adjacent to an activating group) is 1. The van der Waals surface area contributed by atoms with Gasteiger partial charge in [0.2, 0.25) is 0 Å². The molecule has 1 aromatic carbocycles. The van der Waals surface area contributed by atoms with Crippen LogP contribution < -0.4 is 3.53 Å². The van der Waals surface area contributed by atoms with Crippen LogP contribution in [0.5, 0.6) is 0 Å².